The summed E-state index contributed by atoms with van der Waals surface area (Å²) in [6.07, 6.45) is 1.66. The van der Waals surface area contributed by atoms with Crippen LogP contribution >= 0.6 is 0 Å². The van der Waals surface area contributed by atoms with E-state index in [9.17, 15) is 9.59 Å². The van der Waals surface area contributed by atoms with E-state index in [0.29, 0.717) is 28.3 Å². The zero-order valence-electron chi connectivity index (χ0n) is 15.2. The second-order valence-electron chi connectivity index (χ2n) is 6.16. The Kier molecular flexibility index (Phi) is 5.76. The molecule has 1 heterocycles. The second kappa shape index (κ2) is 8.41. The molecule has 1 unspecified atom stereocenters. The average molecular weight is 380 g/mol. The molecule has 0 saturated heterocycles. The SMILES string of the molecule is COc1ccccc1-c1occc1C(=O)Nc1ccc(CC(N)C(=O)O)cc1. The van der Waals surface area contributed by atoms with Crippen molar-refractivity contribution in [1.82, 2.24) is 0 Å². The van der Waals surface area contributed by atoms with E-state index in [1.54, 1.807) is 43.5 Å². The fourth-order valence-corrected chi connectivity index (χ4v) is 2.79. The Balaban J connectivity index is 1.76. The van der Waals surface area contributed by atoms with Gasteiger partial charge in [0.25, 0.3) is 5.91 Å². The van der Waals surface area contributed by atoms with Crippen molar-refractivity contribution in [3.63, 3.8) is 0 Å². The van der Waals surface area contributed by atoms with E-state index >= 15 is 0 Å². The van der Waals surface area contributed by atoms with Crippen molar-refractivity contribution in [3.05, 3.63) is 72.0 Å². The van der Waals surface area contributed by atoms with Crippen LogP contribution in [0.5, 0.6) is 5.75 Å². The molecule has 1 atom stereocenters. The zero-order chi connectivity index (χ0) is 20.1. The predicted molar refractivity (Wildman–Crippen MR) is 104 cm³/mol. The van der Waals surface area contributed by atoms with Crippen LogP contribution in [0.1, 0.15) is 15.9 Å². The summed E-state index contributed by atoms with van der Waals surface area (Å²) in [6, 6.07) is 14.8. The number of hydrogen-bond acceptors (Lipinski definition) is 5. The molecule has 0 aliphatic heterocycles. The van der Waals surface area contributed by atoms with Gasteiger partial charge in [0.1, 0.15) is 17.6 Å². The summed E-state index contributed by atoms with van der Waals surface area (Å²) < 4.78 is 10.9. The normalized spacial score (nSPS) is 11.6. The van der Waals surface area contributed by atoms with Crippen LogP contribution in [0.15, 0.2) is 65.3 Å². The van der Waals surface area contributed by atoms with Gasteiger partial charge in [0.15, 0.2) is 0 Å². The Morgan fingerprint density at radius 2 is 1.86 bits per heavy atom. The van der Waals surface area contributed by atoms with Gasteiger partial charge in [0.2, 0.25) is 0 Å². The number of hydrogen-bond donors (Lipinski definition) is 3. The molecular formula is C21H20N2O5. The van der Waals surface area contributed by atoms with Crippen molar-refractivity contribution in [2.75, 3.05) is 12.4 Å². The van der Waals surface area contributed by atoms with E-state index < -0.39 is 12.0 Å². The van der Waals surface area contributed by atoms with E-state index in [1.807, 2.05) is 18.2 Å². The highest BCUT2D eigenvalue weighted by Gasteiger charge is 2.19. The van der Waals surface area contributed by atoms with E-state index in [-0.39, 0.29) is 12.3 Å². The lowest BCUT2D eigenvalue weighted by Crippen LogP contribution is -2.32. The Bertz CT molecular complexity index is 978. The maximum Gasteiger partial charge on any atom is 0.320 e. The van der Waals surface area contributed by atoms with Gasteiger partial charge >= 0.3 is 5.97 Å². The highest BCUT2D eigenvalue weighted by molar-refractivity contribution is 6.08. The molecule has 1 aromatic heterocycles. The maximum atomic E-state index is 12.7. The number of ether oxygens (including phenoxy) is 1. The zero-order valence-corrected chi connectivity index (χ0v) is 15.2. The van der Waals surface area contributed by atoms with Crippen LogP contribution in [-0.2, 0) is 11.2 Å². The molecule has 4 N–H and O–H groups in total. The fraction of sp³-hybridized carbons (Fsp3) is 0.143. The van der Waals surface area contributed by atoms with Gasteiger partial charge in [-0.3, -0.25) is 9.59 Å². The highest BCUT2D eigenvalue weighted by atomic mass is 16.5. The Hall–Kier alpha value is -3.58. The summed E-state index contributed by atoms with van der Waals surface area (Å²) in [5.41, 5.74) is 7.94. The molecule has 1 amide bonds. The van der Waals surface area contributed by atoms with Gasteiger partial charge < -0.3 is 25.3 Å². The molecule has 0 aliphatic rings. The molecule has 0 spiro atoms. The molecule has 0 fully saturated rings. The molecule has 0 aliphatic carbocycles. The summed E-state index contributed by atoms with van der Waals surface area (Å²) in [7, 11) is 1.55. The molecule has 3 aromatic rings. The van der Waals surface area contributed by atoms with Gasteiger partial charge in [-0.25, -0.2) is 0 Å². The van der Waals surface area contributed by atoms with Crippen molar-refractivity contribution in [3.8, 4) is 17.1 Å². The molecule has 3 rings (SSSR count). The van der Waals surface area contributed by atoms with Crippen molar-refractivity contribution in [2.24, 2.45) is 5.73 Å². The number of amides is 1. The van der Waals surface area contributed by atoms with Gasteiger partial charge in [0, 0.05) is 5.69 Å². The molecule has 28 heavy (non-hydrogen) atoms. The molecule has 0 radical (unpaired) electrons. The van der Waals surface area contributed by atoms with E-state index in [2.05, 4.69) is 5.32 Å². The molecule has 144 valence electrons. The predicted octanol–water partition coefficient (Wildman–Crippen LogP) is 3.16. The number of carbonyl (C=O) groups is 2. The number of benzene rings is 2. The molecule has 7 nitrogen and oxygen atoms in total. The van der Waals surface area contributed by atoms with Crippen molar-refractivity contribution in [1.29, 1.82) is 0 Å². The van der Waals surface area contributed by atoms with Crippen molar-refractivity contribution >= 4 is 17.6 Å². The van der Waals surface area contributed by atoms with E-state index in [0.717, 1.165) is 5.56 Å². The van der Waals surface area contributed by atoms with Crippen LogP contribution in [0.25, 0.3) is 11.3 Å². The third-order valence-electron chi connectivity index (χ3n) is 4.25. The van der Waals surface area contributed by atoms with E-state index in [1.165, 1.54) is 6.26 Å². The van der Waals surface area contributed by atoms with Crippen molar-refractivity contribution in [2.45, 2.75) is 12.5 Å². The third kappa shape index (κ3) is 4.21. The minimum Gasteiger partial charge on any atom is -0.496 e. The lowest BCUT2D eigenvalue weighted by molar-refractivity contribution is -0.138. The summed E-state index contributed by atoms with van der Waals surface area (Å²) in [6.45, 7) is 0. The largest absolute Gasteiger partial charge is 0.496 e. The minimum absolute atomic E-state index is 0.212. The number of aliphatic carboxylic acids is 1. The highest BCUT2D eigenvalue weighted by Crippen LogP contribution is 2.33. The molecule has 0 saturated carbocycles. The number of carbonyl (C=O) groups excluding carboxylic acids is 1. The van der Waals surface area contributed by atoms with Crippen LogP contribution in [0.2, 0.25) is 0 Å². The van der Waals surface area contributed by atoms with Crippen LogP contribution in [0.3, 0.4) is 0 Å². The first-order valence-corrected chi connectivity index (χ1v) is 8.59. The Labute approximate surface area is 161 Å². The lowest BCUT2D eigenvalue weighted by atomic mass is 10.1. The standard InChI is InChI=1S/C21H20N2O5/c1-27-18-5-3-2-4-15(18)19-16(10-11-28-19)20(24)23-14-8-6-13(7-9-14)12-17(22)21(25)26/h2-11,17H,12,22H2,1H3,(H,23,24)(H,25,26). The van der Waals surface area contributed by atoms with Gasteiger partial charge in [-0.2, -0.15) is 0 Å². The summed E-state index contributed by atoms with van der Waals surface area (Å²) in [4.78, 5) is 23.6. The van der Waals surface area contributed by atoms with Crippen LogP contribution in [0.4, 0.5) is 5.69 Å². The number of methoxy groups -OCH3 is 1. The second-order valence-corrected chi connectivity index (χ2v) is 6.16. The fourth-order valence-electron chi connectivity index (χ4n) is 2.79. The van der Waals surface area contributed by atoms with Gasteiger partial charge in [-0.1, -0.05) is 24.3 Å². The number of carboxylic acid groups (broad SMARTS) is 1. The van der Waals surface area contributed by atoms with Crippen molar-refractivity contribution < 1.29 is 23.8 Å². The first-order valence-electron chi connectivity index (χ1n) is 8.59. The third-order valence-corrected chi connectivity index (χ3v) is 4.25. The topological polar surface area (TPSA) is 115 Å². The summed E-state index contributed by atoms with van der Waals surface area (Å²) in [5, 5.41) is 11.7. The first-order chi connectivity index (χ1) is 13.5. The molecular weight excluding hydrogens is 360 g/mol. The number of para-hydroxylation sites is 1. The smallest absolute Gasteiger partial charge is 0.320 e. The van der Waals surface area contributed by atoms with Gasteiger partial charge in [-0.15, -0.1) is 0 Å². The summed E-state index contributed by atoms with van der Waals surface area (Å²) >= 11 is 0. The Morgan fingerprint density at radius 1 is 1.14 bits per heavy atom. The quantitative estimate of drug-likeness (QED) is 0.580. The number of nitrogens with one attached hydrogen (secondary N) is 1. The summed E-state index contributed by atoms with van der Waals surface area (Å²) in [5.74, 6) is -0.365. The number of furan rings is 1. The minimum atomic E-state index is -1.05. The molecule has 7 heteroatoms. The number of carboxylic acids is 1. The number of nitrogens with two attached hydrogens (primary N) is 1. The molecule has 0 bridgehead atoms. The molecule has 2 aromatic carbocycles. The van der Waals surface area contributed by atoms with Crippen LogP contribution in [0, 0.1) is 0 Å². The van der Waals surface area contributed by atoms with E-state index in [4.69, 9.17) is 20.0 Å². The van der Waals surface area contributed by atoms with Gasteiger partial charge in [0.05, 0.1) is 24.5 Å². The lowest BCUT2D eigenvalue weighted by Gasteiger charge is -2.10. The van der Waals surface area contributed by atoms with Crippen LogP contribution < -0.4 is 15.8 Å². The number of anilines is 1. The number of rotatable bonds is 7. The first kappa shape index (κ1) is 19.2. The average Bonchev–Trinajstić information content (AvgIpc) is 3.19. The Morgan fingerprint density at radius 3 is 2.54 bits per heavy atom. The monoisotopic (exact) mass is 380 g/mol. The van der Waals surface area contributed by atoms with Gasteiger partial charge in [-0.05, 0) is 42.3 Å². The maximum absolute atomic E-state index is 12.7. The van der Waals surface area contributed by atoms with Crippen LogP contribution in [-0.4, -0.2) is 30.1 Å².